The van der Waals surface area contributed by atoms with Gasteiger partial charge in [0.25, 0.3) is 0 Å². The molecule has 34 heavy (non-hydrogen) atoms. The third-order valence-corrected chi connectivity index (χ3v) is 5.72. The zero-order valence-electron chi connectivity index (χ0n) is 20.4. The van der Waals surface area contributed by atoms with Crippen LogP contribution in [0.25, 0.3) is 11.3 Å². The predicted octanol–water partition coefficient (Wildman–Crippen LogP) is 5.16. The largest absolute Gasteiger partial charge is 0.439 e. The SMILES string of the molecule is Cn1nc(-c2ccccc2)c(CN(C[C@@H](O)COC(C)(C)C)C2CC2)c1Oc1cccc(F)c1. The van der Waals surface area contributed by atoms with E-state index in [1.807, 2.05) is 58.2 Å². The van der Waals surface area contributed by atoms with Crippen molar-refractivity contribution in [3.05, 3.63) is 66.0 Å². The number of aromatic nitrogens is 2. The molecule has 1 aromatic heterocycles. The van der Waals surface area contributed by atoms with Gasteiger partial charge in [0, 0.05) is 37.8 Å². The van der Waals surface area contributed by atoms with Crippen molar-refractivity contribution in [1.29, 1.82) is 0 Å². The number of rotatable bonds is 10. The second kappa shape index (κ2) is 10.3. The lowest BCUT2D eigenvalue weighted by Crippen LogP contribution is -2.37. The summed E-state index contributed by atoms with van der Waals surface area (Å²) in [7, 11) is 1.83. The first-order valence-electron chi connectivity index (χ1n) is 11.8. The molecule has 1 aliphatic carbocycles. The third kappa shape index (κ3) is 6.44. The molecule has 0 amide bonds. The number of hydrogen-bond acceptors (Lipinski definition) is 5. The summed E-state index contributed by atoms with van der Waals surface area (Å²) in [6.07, 6.45) is 1.58. The molecule has 0 spiro atoms. The van der Waals surface area contributed by atoms with E-state index in [1.54, 1.807) is 16.8 Å². The Bertz CT molecular complexity index is 1090. The molecule has 1 atom stereocenters. The van der Waals surface area contributed by atoms with Crippen molar-refractivity contribution in [3.8, 4) is 22.9 Å². The van der Waals surface area contributed by atoms with Crippen LogP contribution in [0.5, 0.6) is 11.6 Å². The highest BCUT2D eigenvalue weighted by Gasteiger charge is 2.33. The van der Waals surface area contributed by atoms with Crippen LogP contribution in [0, 0.1) is 5.82 Å². The van der Waals surface area contributed by atoms with Gasteiger partial charge in [0.15, 0.2) is 0 Å². The standard InChI is InChI=1S/C27H34FN3O3/c1-27(2,3)33-18-22(32)16-31(21-13-14-21)17-24-25(19-9-6-5-7-10-19)29-30(4)26(24)34-23-12-8-11-20(28)15-23/h5-12,15,21-22,32H,13-14,16-18H2,1-4H3/t22-/m1/s1. The van der Waals surface area contributed by atoms with Gasteiger partial charge in [0.1, 0.15) is 17.3 Å². The van der Waals surface area contributed by atoms with Gasteiger partial charge < -0.3 is 14.6 Å². The first-order valence-corrected chi connectivity index (χ1v) is 11.8. The molecule has 0 saturated heterocycles. The molecule has 6 nitrogen and oxygen atoms in total. The molecule has 0 radical (unpaired) electrons. The fourth-order valence-electron chi connectivity index (χ4n) is 3.95. The lowest BCUT2D eigenvalue weighted by molar-refractivity contribution is -0.0572. The van der Waals surface area contributed by atoms with Crippen molar-refractivity contribution < 1.29 is 19.0 Å². The van der Waals surface area contributed by atoms with Crippen LogP contribution < -0.4 is 4.74 Å². The third-order valence-electron chi connectivity index (χ3n) is 5.72. The van der Waals surface area contributed by atoms with Gasteiger partial charge in [-0.25, -0.2) is 9.07 Å². The summed E-state index contributed by atoms with van der Waals surface area (Å²) in [4.78, 5) is 2.28. The van der Waals surface area contributed by atoms with Crippen LogP contribution in [0.3, 0.4) is 0 Å². The molecular formula is C27H34FN3O3. The van der Waals surface area contributed by atoms with Crippen LogP contribution in [-0.2, 0) is 18.3 Å². The second-order valence-corrected chi connectivity index (χ2v) is 9.92. The Morgan fingerprint density at radius 3 is 2.53 bits per heavy atom. The van der Waals surface area contributed by atoms with Crippen LogP contribution in [0.2, 0.25) is 0 Å². The maximum atomic E-state index is 13.8. The van der Waals surface area contributed by atoms with Crippen molar-refractivity contribution in [2.75, 3.05) is 13.2 Å². The van der Waals surface area contributed by atoms with Crippen molar-refractivity contribution >= 4 is 0 Å². The number of nitrogens with zero attached hydrogens (tertiary/aromatic N) is 3. The number of hydrogen-bond donors (Lipinski definition) is 1. The van der Waals surface area contributed by atoms with Crippen LogP contribution in [0.4, 0.5) is 4.39 Å². The van der Waals surface area contributed by atoms with E-state index in [0.29, 0.717) is 30.8 Å². The molecule has 1 aliphatic rings. The molecule has 1 saturated carbocycles. The molecule has 1 N–H and O–H groups in total. The topological polar surface area (TPSA) is 59.8 Å². The van der Waals surface area contributed by atoms with Gasteiger partial charge in [0.05, 0.1) is 23.9 Å². The van der Waals surface area contributed by atoms with Gasteiger partial charge in [0.2, 0.25) is 5.88 Å². The Morgan fingerprint density at radius 1 is 1.15 bits per heavy atom. The Labute approximate surface area is 200 Å². The van der Waals surface area contributed by atoms with E-state index in [9.17, 15) is 9.50 Å². The summed E-state index contributed by atoms with van der Waals surface area (Å²) < 4.78 is 27.5. The summed E-state index contributed by atoms with van der Waals surface area (Å²) in [5, 5.41) is 15.5. The zero-order valence-corrected chi connectivity index (χ0v) is 20.4. The first kappa shape index (κ1) is 24.4. The maximum absolute atomic E-state index is 13.8. The summed E-state index contributed by atoms with van der Waals surface area (Å²) >= 11 is 0. The molecule has 1 fully saturated rings. The minimum absolute atomic E-state index is 0.276. The minimum Gasteiger partial charge on any atom is -0.439 e. The van der Waals surface area contributed by atoms with E-state index in [4.69, 9.17) is 14.6 Å². The molecule has 0 unspecified atom stereocenters. The van der Waals surface area contributed by atoms with Crippen molar-refractivity contribution in [3.63, 3.8) is 0 Å². The monoisotopic (exact) mass is 467 g/mol. The zero-order chi connectivity index (χ0) is 24.3. The van der Waals surface area contributed by atoms with Gasteiger partial charge in [-0.05, 0) is 45.7 Å². The number of aliphatic hydroxyl groups is 1. The Hall–Kier alpha value is -2.74. The van der Waals surface area contributed by atoms with Crippen molar-refractivity contribution in [1.82, 2.24) is 14.7 Å². The van der Waals surface area contributed by atoms with Crippen LogP contribution in [-0.4, -0.2) is 50.7 Å². The highest BCUT2D eigenvalue weighted by molar-refractivity contribution is 5.65. The Morgan fingerprint density at radius 2 is 1.88 bits per heavy atom. The average Bonchev–Trinajstić information content (AvgIpc) is 3.59. The summed E-state index contributed by atoms with van der Waals surface area (Å²) in [6.45, 7) is 7.27. The molecular weight excluding hydrogens is 433 g/mol. The number of aliphatic hydroxyl groups excluding tert-OH is 1. The summed E-state index contributed by atoms with van der Waals surface area (Å²) in [6, 6.07) is 16.5. The van der Waals surface area contributed by atoms with Gasteiger partial charge in [-0.2, -0.15) is 5.10 Å². The smallest absolute Gasteiger partial charge is 0.222 e. The van der Waals surface area contributed by atoms with Crippen LogP contribution in [0.15, 0.2) is 54.6 Å². The highest BCUT2D eigenvalue weighted by atomic mass is 19.1. The lowest BCUT2D eigenvalue weighted by Gasteiger charge is -2.27. The van der Waals surface area contributed by atoms with Gasteiger partial charge in [-0.15, -0.1) is 0 Å². The fourth-order valence-corrected chi connectivity index (χ4v) is 3.95. The van der Waals surface area contributed by atoms with Crippen molar-refractivity contribution in [2.45, 2.75) is 57.9 Å². The highest BCUT2D eigenvalue weighted by Crippen LogP contribution is 2.37. The van der Waals surface area contributed by atoms with Gasteiger partial charge in [-0.3, -0.25) is 4.90 Å². The Kier molecular flexibility index (Phi) is 7.36. The first-order chi connectivity index (χ1) is 16.2. The molecule has 3 aromatic rings. The quantitative estimate of drug-likeness (QED) is 0.446. The van der Waals surface area contributed by atoms with E-state index in [1.165, 1.54) is 12.1 Å². The molecule has 182 valence electrons. The van der Waals surface area contributed by atoms with Crippen LogP contribution >= 0.6 is 0 Å². The van der Waals surface area contributed by atoms with Gasteiger partial charge >= 0.3 is 0 Å². The lowest BCUT2D eigenvalue weighted by atomic mass is 10.1. The Balaban J connectivity index is 1.63. The predicted molar refractivity (Wildman–Crippen MR) is 130 cm³/mol. The van der Waals surface area contributed by atoms with E-state index in [0.717, 1.165) is 29.7 Å². The summed E-state index contributed by atoms with van der Waals surface area (Å²) in [5.41, 5.74) is 2.41. The van der Waals surface area contributed by atoms with E-state index in [2.05, 4.69) is 4.90 Å². The van der Waals surface area contributed by atoms with E-state index in [-0.39, 0.29) is 18.0 Å². The van der Waals surface area contributed by atoms with Crippen LogP contribution in [0.1, 0.15) is 39.2 Å². The number of halogens is 1. The fraction of sp³-hybridized carbons (Fsp3) is 0.444. The molecule has 2 aromatic carbocycles. The summed E-state index contributed by atoms with van der Waals surface area (Å²) in [5.74, 6) is 0.627. The number of benzene rings is 2. The normalized spacial score (nSPS) is 15.0. The van der Waals surface area contributed by atoms with E-state index >= 15 is 0 Å². The maximum Gasteiger partial charge on any atom is 0.222 e. The molecule has 4 rings (SSSR count). The molecule has 0 bridgehead atoms. The molecule has 0 aliphatic heterocycles. The molecule has 7 heteroatoms. The van der Waals surface area contributed by atoms with Gasteiger partial charge in [-0.1, -0.05) is 36.4 Å². The van der Waals surface area contributed by atoms with Crippen molar-refractivity contribution in [2.24, 2.45) is 7.05 Å². The minimum atomic E-state index is -0.607. The number of aryl methyl sites for hydroxylation is 1. The average molecular weight is 468 g/mol. The molecule has 1 heterocycles. The second-order valence-electron chi connectivity index (χ2n) is 9.92. The number of ether oxygens (including phenoxy) is 2. The van der Waals surface area contributed by atoms with E-state index < -0.39 is 6.10 Å².